The minimum Gasteiger partial charge on any atom is -0.497 e. The van der Waals surface area contributed by atoms with Crippen molar-refractivity contribution in [3.8, 4) is 5.75 Å². The van der Waals surface area contributed by atoms with Gasteiger partial charge in [0.1, 0.15) is 30.8 Å². The molecule has 5 unspecified atom stereocenters. The van der Waals surface area contributed by atoms with Gasteiger partial charge in [-0.1, -0.05) is 31.6 Å². The number of amides is 6. The lowest BCUT2D eigenvalue weighted by Gasteiger charge is -2.41. The van der Waals surface area contributed by atoms with Crippen LogP contribution in [0.3, 0.4) is 0 Å². The highest BCUT2D eigenvalue weighted by atomic mass is 16.5. The average Bonchev–Trinajstić information content (AvgIpc) is 3.88. The summed E-state index contributed by atoms with van der Waals surface area (Å²) in [4.78, 5) is 95.0. The topological polar surface area (TPSA) is 214 Å². The predicted molar refractivity (Wildman–Crippen MR) is 259 cm³/mol. The third kappa shape index (κ3) is 9.64. The standard InChI is InChI=1S/C52H63N9O10/c1-31-7-6-18-71-45-36(27-53-41-26-51(41,45)3)37-24-34(23-32(2)54-37)46(64)57-50-55-40-12-10-33(25-52(40,4)60(50)28-31)29-58-14-16-59(17-15-58)43(63)30-69-20-19-68-21-22-70-39-9-5-8-35-44(39)49(67)61(48(35)66)38-11-13-42(62)56-47(38)65/h5,8-10,12,23-24,27,31,38,41,50,55H,6-7,11,13-22,25-26,28-30H2,1-4H3,(H,57,64)(H,56,62,65)/t31-,38?,41?,50?,51?,52?/m1/s1. The highest BCUT2D eigenvalue weighted by Crippen LogP contribution is 2.57. The van der Waals surface area contributed by atoms with Crippen LogP contribution in [-0.2, 0) is 28.6 Å². The smallest absolute Gasteiger partial charge is 0.266 e. The van der Waals surface area contributed by atoms with Crippen molar-refractivity contribution in [3.63, 3.8) is 0 Å². The zero-order chi connectivity index (χ0) is 49.6. The fourth-order valence-corrected chi connectivity index (χ4v) is 11.1. The van der Waals surface area contributed by atoms with E-state index in [1.807, 2.05) is 30.2 Å². The normalized spacial score (nSPS) is 28.7. The van der Waals surface area contributed by atoms with Crippen LogP contribution in [0.15, 0.2) is 64.5 Å². The number of pyridine rings is 1. The lowest BCUT2D eigenvalue weighted by atomic mass is 9.84. The van der Waals surface area contributed by atoms with Gasteiger partial charge in [0.2, 0.25) is 17.7 Å². The maximum Gasteiger partial charge on any atom is 0.266 e. The van der Waals surface area contributed by atoms with Crippen LogP contribution in [0.1, 0.15) is 102 Å². The zero-order valence-corrected chi connectivity index (χ0v) is 40.9. The van der Waals surface area contributed by atoms with E-state index in [1.54, 1.807) is 12.1 Å². The van der Waals surface area contributed by atoms with Crippen LogP contribution >= 0.6 is 0 Å². The predicted octanol–water partition coefficient (Wildman–Crippen LogP) is 2.96. The van der Waals surface area contributed by atoms with Crippen LogP contribution in [0.4, 0.5) is 0 Å². The highest BCUT2D eigenvalue weighted by Gasteiger charge is 2.57. The summed E-state index contributed by atoms with van der Waals surface area (Å²) in [6.45, 7) is 14.1. The first kappa shape index (κ1) is 48.4. The molecule has 7 heterocycles. The first-order chi connectivity index (χ1) is 34.2. The van der Waals surface area contributed by atoms with E-state index < -0.39 is 36.0 Å². The number of piperazine rings is 1. The molecule has 376 valence electrons. The van der Waals surface area contributed by atoms with E-state index in [9.17, 15) is 28.8 Å². The molecule has 1 aromatic carbocycles. The van der Waals surface area contributed by atoms with Crippen molar-refractivity contribution in [3.05, 3.63) is 87.6 Å². The second-order valence-corrected chi connectivity index (χ2v) is 20.5. The number of allylic oxidation sites excluding steroid dienone is 3. The maximum absolute atomic E-state index is 14.2. The van der Waals surface area contributed by atoms with E-state index in [1.165, 1.54) is 11.6 Å². The minimum absolute atomic E-state index is 0.0338. The molecule has 6 amide bonds. The summed E-state index contributed by atoms with van der Waals surface area (Å²) in [5.41, 5.74) is 4.96. The van der Waals surface area contributed by atoms with Gasteiger partial charge in [-0.2, -0.15) is 0 Å². The highest BCUT2D eigenvalue weighted by molar-refractivity contribution is 6.24. The SMILES string of the molecule is Cc1cc2cc(n1)C1=C(OCCC[C@@H](C)CN3C(NC2=O)NC2=CC=C(CN4CCN(C(=O)COCCOCCOc5cccc6c5C(=O)N(C5CCC(=O)NC5=O)C6=O)CC4)CC23C)C2(C)CC2N=C1. The number of benzene rings is 1. The molecule has 1 aromatic heterocycles. The molecule has 2 aromatic rings. The largest absolute Gasteiger partial charge is 0.497 e. The Morgan fingerprint density at radius 2 is 1.75 bits per heavy atom. The van der Waals surface area contributed by atoms with E-state index in [-0.39, 0.29) is 91.6 Å². The number of imide groups is 2. The van der Waals surface area contributed by atoms with E-state index in [0.717, 1.165) is 79.5 Å². The number of dihydropyridines is 1. The molecule has 2 bridgehead atoms. The van der Waals surface area contributed by atoms with Gasteiger partial charge in [-0.15, -0.1) is 0 Å². The molecular formula is C52H63N9O10. The summed E-state index contributed by atoms with van der Waals surface area (Å²) in [7, 11) is 0. The Kier molecular flexibility index (Phi) is 13.4. The van der Waals surface area contributed by atoms with E-state index in [4.69, 9.17) is 28.9 Å². The number of aryl methyl sites for hydroxylation is 1. The van der Waals surface area contributed by atoms with Gasteiger partial charge in [-0.3, -0.25) is 58.8 Å². The fraction of sp³-hybridized carbons (Fsp3) is 0.538. The van der Waals surface area contributed by atoms with Gasteiger partial charge in [0, 0.05) is 68.9 Å². The molecule has 19 heteroatoms. The number of nitrogens with one attached hydrogen (secondary N) is 3. The van der Waals surface area contributed by atoms with Crippen molar-refractivity contribution in [2.75, 3.05) is 78.9 Å². The van der Waals surface area contributed by atoms with Gasteiger partial charge in [0.05, 0.1) is 65.8 Å². The summed E-state index contributed by atoms with van der Waals surface area (Å²) in [6, 6.07) is 7.56. The van der Waals surface area contributed by atoms with E-state index >= 15 is 0 Å². The molecule has 0 radical (unpaired) electrons. The lowest BCUT2D eigenvalue weighted by Crippen LogP contribution is -2.56. The molecule has 6 aliphatic heterocycles. The number of aromatic nitrogens is 1. The number of piperidine rings is 1. The molecule has 71 heavy (non-hydrogen) atoms. The number of carbonyl (C=O) groups is 6. The van der Waals surface area contributed by atoms with Gasteiger partial charge in [0.25, 0.3) is 17.7 Å². The number of hydrogen-bond acceptors (Lipinski definition) is 15. The van der Waals surface area contributed by atoms with E-state index in [2.05, 4.69) is 58.7 Å². The third-order valence-electron chi connectivity index (χ3n) is 15.2. The van der Waals surface area contributed by atoms with Crippen molar-refractivity contribution in [1.29, 1.82) is 0 Å². The van der Waals surface area contributed by atoms with Crippen LogP contribution in [0, 0.1) is 18.3 Å². The first-order valence-electron chi connectivity index (χ1n) is 25.0. The molecule has 4 fully saturated rings. The zero-order valence-electron chi connectivity index (χ0n) is 40.9. The summed E-state index contributed by atoms with van der Waals surface area (Å²) < 4.78 is 23.7. The molecule has 2 aliphatic carbocycles. The maximum atomic E-state index is 14.2. The Hall–Kier alpha value is -6.28. The molecule has 3 N–H and O–H groups in total. The van der Waals surface area contributed by atoms with Gasteiger partial charge in [0.15, 0.2) is 6.29 Å². The van der Waals surface area contributed by atoms with Crippen molar-refractivity contribution in [1.82, 2.24) is 40.5 Å². The van der Waals surface area contributed by atoms with Crippen LogP contribution in [0.25, 0.3) is 5.57 Å². The minimum atomic E-state index is -1.06. The van der Waals surface area contributed by atoms with E-state index in [0.29, 0.717) is 36.9 Å². The number of hydrogen-bond donors (Lipinski definition) is 3. The number of fused-ring (bicyclic) bond motifs is 9. The van der Waals surface area contributed by atoms with Crippen LogP contribution < -0.4 is 20.7 Å². The average molecular weight is 974 g/mol. The van der Waals surface area contributed by atoms with Gasteiger partial charge in [-0.25, -0.2) is 0 Å². The fourth-order valence-electron chi connectivity index (χ4n) is 11.1. The second kappa shape index (κ2) is 19.7. The van der Waals surface area contributed by atoms with Crippen molar-refractivity contribution < 1.29 is 47.7 Å². The molecule has 0 spiro atoms. The number of ether oxygens (including phenoxy) is 4. The Labute approximate surface area is 413 Å². The molecule has 19 nitrogen and oxygen atoms in total. The van der Waals surface area contributed by atoms with Gasteiger partial charge in [-0.05, 0) is 82.2 Å². The van der Waals surface area contributed by atoms with Crippen LogP contribution in [0.2, 0.25) is 0 Å². The number of carbonyl (C=O) groups excluding carboxylic acids is 6. The number of rotatable bonds is 12. The summed E-state index contributed by atoms with van der Waals surface area (Å²) in [5, 5.41) is 9.23. The summed E-state index contributed by atoms with van der Waals surface area (Å²) >= 11 is 0. The quantitative estimate of drug-likeness (QED) is 0.206. The van der Waals surface area contributed by atoms with Crippen molar-refractivity contribution >= 4 is 47.2 Å². The number of aliphatic imine (C=N–C) groups is 1. The Morgan fingerprint density at radius 3 is 2.56 bits per heavy atom. The summed E-state index contributed by atoms with van der Waals surface area (Å²) in [5.74, 6) is -1.13. The summed E-state index contributed by atoms with van der Waals surface area (Å²) in [6.07, 6.45) is 9.57. The lowest BCUT2D eigenvalue weighted by molar-refractivity contribution is -0.138. The van der Waals surface area contributed by atoms with Crippen molar-refractivity contribution in [2.24, 2.45) is 16.3 Å². The molecule has 1 saturated carbocycles. The number of nitrogens with zero attached hydrogens (tertiary/aromatic N) is 6. The van der Waals surface area contributed by atoms with Gasteiger partial charge >= 0.3 is 0 Å². The molecule has 3 saturated heterocycles. The Morgan fingerprint density at radius 1 is 0.944 bits per heavy atom. The molecule has 8 aliphatic rings. The van der Waals surface area contributed by atoms with Crippen LogP contribution in [0.5, 0.6) is 5.75 Å². The molecule has 10 rings (SSSR count). The van der Waals surface area contributed by atoms with Gasteiger partial charge < -0.3 is 34.5 Å². The van der Waals surface area contributed by atoms with Crippen LogP contribution in [-0.4, -0.2) is 169 Å². The molecule has 6 atom stereocenters. The second-order valence-electron chi connectivity index (χ2n) is 20.5. The monoisotopic (exact) mass is 973 g/mol. The first-order valence-corrected chi connectivity index (χ1v) is 25.0. The Balaban J connectivity index is 0.666. The third-order valence-corrected chi connectivity index (χ3v) is 15.2. The Bertz CT molecular complexity index is 2660. The van der Waals surface area contributed by atoms with Crippen molar-refractivity contribution in [2.45, 2.75) is 90.1 Å². The molecular weight excluding hydrogens is 911 g/mol.